The third kappa shape index (κ3) is 5.06. The highest BCUT2D eigenvalue weighted by Gasteiger charge is 2.25. The Labute approximate surface area is 143 Å². The summed E-state index contributed by atoms with van der Waals surface area (Å²) in [4.78, 5) is 25.9. The lowest BCUT2D eigenvalue weighted by Gasteiger charge is -2.14. The summed E-state index contributed by atoms with van der Waals surface area (Å²) < 4.78 is 5.17. The first-order valence-electron chi connectivity index (χ1n) is 8.60. The van der Waals surface area contributed by atoms with Crippen molar-refractivity contribution in [2.24, 2.45) is 5.92 Å². The zero-order valence-electron chi connectivity index (χ0n) is 15.0. The Morgan fingerprint density at radius 3 is 2.43 bits per heavy atom. The number of thiophene rings is 1. The van der Waals surface area contributed by atoms with Crippen LogP contribution >= 0.6 is 11.3 Å². The Bertz CT molecular complexity index is 537. The molecule has 0 aliphatic carbocycles. The molecule has 1 rings (SSSR count). The van der Waals surface area contributed by atoms with Gasteiger partial charge in [-0.3, -0.25) is 4.79 Å². The lowest BCUT2D eigenvalue weighted by atomic mass is 9.98. The first-order valence-corrected chi connectivity index (χ1v) is 9.41. The minimum Gasteiger partial charge on any atom is -0.462 e. The number of hydrogen-bond acceptors (Lipinski definition) is 4. The normalized spacial score (nSPS) is 12.0. The van der Waals surface area contributed by atoms with Crippen molar-refractivity contribution < 1.29 is 14.3 Å². The number of anilines is 1. The van der Waals surface area contributed by atoms with Crippen molar-refractivity contribution in [3.63, 3.8) is 0 Å². The number of rotatable bonds is 9. The zero-order valence-corrected chi connectivity index (χ0v) is 15.8. The van der Waals surface area contributed by atoms with Crippen LogP contribution in [0, 0.1) is 12.8 Å². The van der Waals surface area contributed by atoms with Crippen molar-refractivity contribution in [3.05, 3.63) is 16.0 Å². The molecule has 130 valence electrons. The van der Waals surface area contributed by atoms with Crippen LogP contribution in [0.4, 0.5) is 5.00 Å². The predicted octanol–water partition coefficient (Wildman–Crippen LogP) is 4.95. The molecule has 1 aromatic rings. The monoisotopic (exact) mass is 339 g/mol. The number of aryl methyl sites for hydroxylation is 1. The highest BCUT2D eigenvalue weighted by molar-refractivity contribution is 7.16. The van der Waals surface area contributed by atoms with E-state index in [-0.39, 0.29) is 17.8 Å². The van der Waals surface area contributed by atoms with E-state index in [1.54, 1.807) is 6.92 Å². The summed E-state index contributed by atoms with van der Waals surface area (Å²) in [6.45, 7) is 10.3. The molecule has 1 amide bonds. The molecule has 0 saturated carbocycles. The molecular formula is C18H29NO3S. The second kappa shape index (κ2) is 9.71. The Morgan fingerprint density at radius 1 is 1.22 bits per heavy atom. The van der Waals surface area contributed by atoms with Crippen LogP contribution in [-0.4, -0.2) is 18.5 Å². The molecule has 4 nitrogen and oxygen atoms in total. The van der Waals surface area contributed by atoms with E-state index in [4.69, 9.17) is 4.74 Å². The number of unbranched alkanes of at least 4 members (excludes halogenated alkanes) is 1. The molecule has 1 unspecified atom stereocenters. The SMILES string of the molecule is CCCCC(CC)C(=O)Nc1sc(C)c(CC)c1C(=O)OCC. The molecule has 23 heavy (non-hydrogen) atoms. The summed E-state index contributed by atoms with van der Waals surface area (Å²) in [6.07, 6.45) is 4.57. The fourth-order valence-electron chi connectivity index (χ4n) is 2.70. The molecule has 0 aliphatic rings. The molecule has 1 aromatic heterocycles. The lowest BCUT2D eigenvalue weighted by molar-refractivity contribution is -0.120. The minimum absolute atomic E-state index is 0.00233. The Balaban J connectivity index is 3.03. The van der Waals surface area contributed by atoms with Crippen LogP contribution in [0.1, 0.15) is 74.2 Å². The van der Waals surface area contributed by atoms with Gasteiger partial charge in [0.1, 0.15) is 5.00 Å². The van der Waals surface area contributed by atoms with Gasteiger partial charge in [-0.05, 0) is 38.7 Å². The van der Waals surface area contributed by atoms with E-state index >= 15 is 0 Å². The van der Waals surface area contributed by atoms with E-state index in [0.29, 0.717) is 17.2 Å². The highest BCUT2D eigenvalue weighted by atomic mass is 32.1. The van der Waals surface area contributed by atoms with E-state index in [1.165, 1.54) is 11.3 Å². The summed E-state index contributed by atoms with van der Waals surface area (Å²) >= 11 is 1.47. The first kappa shape index (κ1) is 19.7. The molecule has 0 bridgehead atoms. The van der Waals surface area contributed by atoms with Gasteiger partial charge in [0.25, 0.3) is 0 Å². The predicted molar refractivity (Wildman–Crippen MR) is 96.3 cm³/mol. The van der Waals surface area contributed by atoms with Gasteiger partial charge in [0.2, 0.25) is 5.91 Å². The molecular weight excluding hydrogens is 310 g/mol. The number of ether oxygens (including phenoxy) is 1. The van der Waals surface area contributed by atoms with Crippen LogP contribution in [0.5, 0.6) is 0 Å². The molecule has 0 fully saturated rings. The molecule has 0 aliphatic heterocycles. The molecule has 0 radical (unpaired) electrons. The van der Waals surface area contributed by atoms with Crippen molar-refractivity contribution in [2.45, 2.75) is 66.7 Å². The third-order valence-corrected chi connectivity index (χ3v) is 5.11. The van der Waals surface area contributed by atoms with Gasteiger partial charge >= 0.3 is 5.97 Å². The van der Waals surface area contributed by atoms with Crippen LogP contribution < -0.4 is 5.32 Å². The number of nitrogens with one attached hydrogen (secondary N) is 1. The number of hydrogen-bond donors (Lipinski definition) is 1. The largest absolute Gasteiger partial charge is 0.462 e. The van der Waals surface area contributed by atoms with Gasteiger partial charge in [-0.15, -0.1) is 11.3 Å². The van der Waals surface area contributed by atoms with Crippen molar-refractivity contribution in [1.82, 2.24) is 0 Å². The van der Waals surface area contributed by atoms with E-state index < -0.39 is 0 Å². The maximum atomic E-state index is 12.5. The number of amides is 1. The van der Waals surface area contributed by atoms with Crippen LogP contribution in [0.2, 0.25) is 0 Å². The zero-order chi connectivity index (χ0) is 17.4. The maximum absolute atomic E-state index is 12.5. The van der Waals surface area contributed by atoms with E-state index in [2.05, 4.69) is 12.2 Å². The summed E-state index contributed by atoms with van der Waals surface area (Å²) in [5.74, 6) is -0.335. The molecule has 0 spiro atoms. The fraction of sp³-hybridized carbons (Fsp3) is 0.667. The van der Waals surface area contributed by atoms with Crippen molar-refractivity contribution in [3.8, 4) is 0 Å². The summed E-state index contributed by atoms with van der Waals surface area (Å²) in [7, 11) is 0. The highest BCUT2D eigenvalue weighted by Crippen LogP contribution is 2.34. The second-order valence-electron chi connectivity index (χ2n) is 5.65. The van der Waals surface area contributed by atoms with Gasteiger partial charge in [-0.2, -0.15) is 0 Å². The molecule has 0 saturated heterocycles. The van der Waals surface area contributed by atoms with Crippen LogP contribution in [0.15, 0.2) is 0 Å². The third-order valence-electron chi connectivity index (χ3n) is 4.05. The molecule has 5 heteroatoms. The maximum Gasteiger partial charge on any atom is 0.341 e. The summed E-state index contributed by atoms with van der Waals surface area (Å²) in [5.41, 5.74) is 1.51. The Morgan fingerprint density at radius 2 is 1.91 bits per heavy atom. The van der Waals surface area contributed by atoms with Crippen molar-refractivity contribution >= 4 is 28.2 Å². The van der Waals surface area contributed by atoms with Gasteiger partial charge in [0, 0.05) is 10.8 Å². The number of carbonyl (C=O) groups excluding carboxylic acids is 2. The molecule has 1 heterocycles. The van der Waals surface area contributed by atoms with Gasteiger partial charge in [0.15, 0.2) is 0 Å². The summed E-state index contributed by atoms with van der Waals surface area (Å²) in [5, 5.41) is 3.62. The fourth-order valence-corrected chi connectivity index (χ4v) is 3.83. The Kier molecular flexibility index (Phi) is 8.31. The second-order valence-corrected chi connectivity index (χ2v) is 6.88. The standard InChI is InChI=1S/C18H29NO3S/c1-6-10-11-13(7-2)16(20)19-17-15(18(21)22-9-4)14(8-3)12(5)23-17/h13H,6-11H2,1-5H3,(H,19,20). The lowest BCUT2D eigenvalue weighted by Crippen LogP contribution is -2.23. The van der Waals surface area contributed by atoms with Crippen LogP contribution in [-0.2, 0) is 16.0 Å². The van der Waals surface area contributed by atoms with Gasteiger partial charge in [-0.25, -0.2) is 4.79 Å². The quantitative estimate of drug-likeness (QED) is 0.648. The molecule has 0 aromatic carbocycles. The average molecular weight is 340 g/mol. The van der Waals surface area contributed by atoms with E-state index in [1.807, 2.05) is 20.8 Å². The number of esters is 1. The smallest absolute Gasteiger partial charge is 0.341 e. The Hall–Kier alpha value is -1.36. The van der Waals surface area contributed by atoms with Gasteiger partial charge < -0.3 is 10.1 Å². The van der Waals surface area contributed by atoms with Crippen molar-refractivity contribution in [1.29, 1.82) is 0 Å². The molecule has 1 N–H and O–H groups in total. The van der Waals surface area contributed by atoms with Gasteiger partial charge in [-0.1, -0.05) is 33.6 Å². The van der Waals surface area contributed by atoms with E-state index in [0.717, 1.165) is 42.5 Å². The first-order chi connectivity index (χ1) is 11.0. The summed E-state index contributed by atoms with van der Waals surface area (Å²) in [6, 6.07) is 0. The van der Waals surface area contributed by atoms with E-state index in [9.17, 15) is 9.59 Å². The number of carbonyl (C=O) groups is 2. The van der Waals surface area contributed by atoms with Gasteiger partial charge in [0.05, 0.1) is 12.2 Å². The average Bonchev–Trinajstić information content (AvgIpc) is 2.83. The van der Waals surface area contributed by atoms with Crippen LogP contribution in [0.3, 0.4) is 0 Å². The van der Waals surface area contributed by atoms with Crippen LogP contribution in [0.25, 0.3) is 0 Å². The minimum atomic E-state index is -0.342. The topological polar surface area (TPSA) is 55.4 Å². The van der Waals surface area contributed by atoms with Crippen molar-refractivity contribution in [2.75, 3.05) is 11.9 Å². The molecule has 1 atom stereocenters.